The van der Waals surface area contributed by atoms with Crippen LogP contribution in [-0.2, 0) is 42.9 Å². The third-order valence-electron chi connectivity index (χ3n) is 2.88. The predicted molar refractivity (Wildman–Crippen MR) is 102 cm³/mol. The maximum absolute atomic E-state index is 12.0. The first-order chi connectivity index (χ1) is 13.0. The molecule has 0 saturated heterocycles. The van der Waals surface area contributed by atoms with Crippen LogP contribution in [0.25, 0.3) is 0 Å². The minimum absolute atomic E-state index is 0.0502. The van der Waals surface area contributed by atoms with Gasteiger partial charge < -0.3 is 18.9 Å². The molecule has 0 aliphatic rings. The Hall–Kier alpha value is -3.20. The molecule has 0 saturated carbocycles. The van der Waals surface area contributed by atoms with Gasteiger partial charge in [0.2, 0.25) is 0 Å². The van der Waals surface area contributed by atoms with E-state index in [1.165, 1.54) is 27.7 Å². The van der Waals surface area contributed by atoms with E-state index in [-0.39, 0.29) is 22.3 Å². The number of rotatable bonds is 10. The number of hydrogen-bond acceptors (Lipinski definition) is 9. The van der Waals surface area contributed by atoms with Crippen LogP contribution in [0.3, 0.4) is 0 Å². The summed E-state index contributed by atoms with van der Waals surface area (Å²) in [6, 6.07) is 0. The Morgan fingerprint density at radius 2 is 0.690 bits per heavy atom. The standard InChI is InChI=1S/C20H26O9/c1-11(2)15(21)25-19(9,26-16(22)12(3)4)29-20(10,27-17(23)13(5)6)28-18(24)14(7)8/h1,3,5,7H2,2,4,6,8-10H3. The van der Waals surface area contributed by atoms with Crippen molar-refractivity contribution in [2.75, 3.05) is 0 Å². The first-order valence-electron chi connectivity index (χ1n) is 8.27. The fraction of sp³-hybridized carbons (Fsp3) is 0.400. The van der Waals surface area contributed by atoms with Gasteiger partial charge in [-0.15, -0.1) is 0 Å². The van der Waals surface area contributed by atoms with Crippen LogP contribution in [0.4, 0.5) is 0 Å². The van der Waals surface area contributed by atoms with Crippen molar-refractivity contribution in [3.8, 4) is 0 Å². The van der Waals surface area contributed by atoms with Crippen molar-refractivity contribution in [1.29, 1.82) is 0 Å². The first kappa shape index (κ1) is 25.8. The number of esters is 4. The molecule has 0 aromatic rings. The summed E-state index contributed by atoms with van der Waals surface area (Å²) in [6.45, 7) is 21.0. The third-order valence-corrected chi connectivity index (χ3v) is 2.88. The fourth-order valence-corrected chi connectivity index (χ4v) is 1.48. The Balaban J connectivity index is 6.09. The van der Waals surface area contributed by atoms with Crippen molar-refractivity contribution < 1.29 is 42.9 Å². The molecule has 0 heterocycles. The van der Waals surface area contributed by atoms with Crippen LogP contribution < -0.4 is 0 Å². The third kappa shape index (κ3) is 8.56. The molecule has 0 aromatic carbocycles. The van der Waals surface area contributed by atoms with Crippen LogP contribution in [0.5, 0.6) is 0 Å². The lowest BCUT2D eigenvalue weighted by molar-refractivity contribution is -0.451. The average Bonchev–Trinajstić information content (AvgIpc) is 2.52. The zero-order valence-electron chi connectivity index (χ0n) is 17.5. The number of hydrogen-bond donors (Lipinski definition) is 0. The zero-order valence-corrected chi connectivity index (χ0v) is 17.5. The Bertz CT molecular complexity index is 653. The highest BCUT2D eigenvalue weighted by molar-refractivity contribution is 5.89. The van der Waals surface area contributed by atoms with Crippen molar-refractivity contribution in [3.05, 3.63) is 48.6 Å². The second kappa shape index (κ2) is 9.83. The molecule has 9 heteroatoms. The van der Waals surface area contributed by atoms with Crippen LogP contribution in [0, 0.1) is 0 Å². The SMILES string of the molecule is C=C(C)C(=O)OC(C)(OC(=O)C(=C)C)OC(C)(OC(=O)C(=C)C)OC(=O)C(=C)C. The van der Waals surface area contributed by atoms with Crippen LogP contribution in [0.1, 0.15) is 41.5 Å². The second-order valence-electron chi connectivity index (χ2n) is 6.51. The van der Waals surface area contributed by atoms with Crippen molar-refractivity contribution in [2.24, 2.45) is 0 Å². The van der Waals surface area contributed by atoms with Gasteiger partial charge in [0, 0.05) is 36.1 Å². The van der Waals surface area contributed by atoms with Gasteiger partial charge in [0.1, 0.15) is 0 Å². The number of carbonyl (C=O) groups excluding carboxylic acids is 4. The van der Waals surface area contributed by atoms with Crippen molar-refractivity contribution in [3.63, 3.8) is 0 Å². The van der Waals surface area contributed by atoms with Crippen molar-refractivity contribution in [2.45, 2.75) is 53.5 Å². The Morgan fingerprint density at radius 3 is 0.828 bits per heavy atom. The average molecular weight is 410 g/mol. The molecule has 0 spiro atoms. The molecule has 0 atom stereocenters. The first-order valence-corrected chi connectivity index (χ1v) is 8.27. The molecule has 0 N–H and O–H groups in total. The lowest BCUT2D eigenvalue weighted by Gasteiger charge is -2.36. The minimum atomic E-state index is -2.49. The van der Waals surface area contributed by atoms with Crippen molar-refractivity contribution >= 4 is 23.9 Å². The van der Waals surface area contributed by atoms with Crippen LogP contribution >= 0.6 is 0 Å². The quantitative estimate of drug-likeness (QED) is 0.304. The summed E-state index contributed by atoms with van der Waals surface area (Å²) >= 11 is 0. The van der Waals surface area contributed by atoms with E-state index < -0.39 is 35.8 Å². The minimum Gasteiger partial charge on any atom is -0.394 e. The Kier molecular flexibility index (Phi) is 8.75. The Labute approximate surface area is 169 Å². The molecular weight excluding hydrogens is 384 g/mol. The van der Waals surface area contributed by atoms with E-state index in [0.29, 0.717) is 0 Å². The van der Waals surface area contributed by atoms with Gasteiger partial charge in [0.15, 0.2) is 0 Å². The highest BCUT2D eigenvalue weighted by Gasteiger charge is 2.48. The summed E-state index contributed by atoms with van der Waals surface area (Å²) in [5.41, 5.74) is -0.201. The van der Waals surface area contributed by atoms with Gasteiger partial charge in [0.05, 0.1) is 0 Å². The summed E-state index contributed by atoms with van der Waals surface area (Å²) in [7, 11) is 0. The maximum atomic E-state index is 12.0. The zero-order chi connectivity index (χ0) is 23.2. The molecule has 29 heavy (non-hydrogen) atoms. The summed E-state index contributed by atoms with van der Waals surface area (Å²) in [4.78, 5) is 48.0. The van der Waals surface area contributed by atoms with Gasteiger partial charge in [-0.1, -0.05) is 26.3 Å². The summed E-state index contributed by atoms with van der Waals surface area (Å²) in [6.07, 6.45) is 0. The van der Waals surface area contributed by atoms with E-state index in [1.54, 1.807) is 0 Å². The predicted octanol–water partition coefficient (Wildman–Crippen LogP) is 2.83. The van der Waals surface area contributed by atoms with Gasteiger partial charge in [-0.25, -0.2) is 23.9 Å². The molecule has 0 fully saturated rings. The lowest BCUT2D eigenvalue weighted by Crippen LogP contribution is -2.51. The van der Waals surface area contributed by atoms with E-state index in [4.69, 9.17) is 23.7 Å². The second-order valence-corrected chi connectivity index (χ2v) is 6.51. The molecule has 0 unspecified atom stereocenters. The molecule has 0 amide bonds. The molecule has 160 valence electrons. The van der Waals surface area contributed by atoms with E-state index in [2.05, 4.69) is 26.3 Å². The fourth-order valence-electron chi connectivity index (χ4n) is 1.48. The molecule has 9 nitrogen and oxygen atoms in total. The van der Waals surface area contributed by atoms with Crippen LogP contribution in [0.15, 0.2) is 48.6 Å². The van der Waals surface area contributed by atoms with E-state index >= 15 is 0 Å². The van der Waals surface area contributed by atoms with E-state index in [1.807, 2.05) is 0 Å². The smallest absolute Gasteiger partial charge is 0.379 e. The summed E-state index contributed by atoms with van der Waals surface area (Å²) < 4.78 is 25.5. The number of carbonyl (C=O) groups is 4. The lowest BCUT2D eigenvalue weighted by atomic mass is 10.3. The van der Waals surface area contributed by atoms with Gasteiger partial charge in [-0.2, -0.15) is 0 Å². The van der Waals surface area contributed by atoms with Crippen LogP contribution in [-0.4, -0.2) is 35.8 Å². The molecular formula is C20H26O9. The van der Waals surface area contributed by atoms with E-state index in [9.17, 15) is 19.2 Å². The molecule has 0 aliphatic heterocycles. The largest absolute Gasteiger partial charge is 0.394 e. The highest BCUT2D eigenvalue weighted by atomic mass is 17.0. The summed E-state index contributed by atoms with van der Waals surface area (Å²) in [5.74, 6) is -8.98. The molecule has 0 aliphatic carbocycles. The van der Waals surface area contributed by atoms with E-state index in [0.717, 1.165) is 13.8 Å². The normalized spacial score (nSPS) is 11.0. The van der Waals surface area contributed by atoms with Gasteiger partial charge in [-0.3, -0.25) is 0 Å². The molecule has 0 radical (unpaired) electrons. The molecule has 0 bridgehead atoms. The van der Waals surface area contributed by atoms with Crippen molar-refractivity contribution in [1.82, 2.24) is 0 Å². The number of ether oxygens (including phenoxy) is 5. The van der Waals surface area contributed by atoms with Gasteiger partial charge in [-0.05, 0) is 27.7 Å². The monoisotopic (exact) mass is 410 g/mol. The maximum Gasteiger partial charge on any atom is 0.379 e. The van der Waals surface area contributed by atoms with Crippen LogP contribution in [0.2, 0.25) is 0 Å². The molecule has 0 aromatic heterocycles. The van der Waals surface area contributed by atoms with Gasteiger partial charge in [0.25, 0.3) is 0 Å². The Morgan fingerprint density at radius 1 is 0.517 bits per heavy atom. The molecule has 0 rings (SSSR count). The summed E-state index contributed by atoms with van der Waals surface area (Å²) in [5, 5.41) is 0. The highest BCUT2D eigenvalue weighted by Crippen LogP contribution is 2.29. The topological polar surface area (TPSA) is 114 Å². The van der Waals surface area contributed by atoms with Gasteiger partial charge >= 0.3 is 35.8 Å².